The van der Waals surface area contributed by atoms with Crippen molar-refractivity contribution in [2.75, 3.05) is 17.8 Å². The van der Waals surface area contributed by atoms with Crippen molar-refractivity contribution in [2.45, 2.75) is 31.1 Å². The molecule has 0 spiro atoms. The number of aliphatic hydroxyl groups is 3. The van der Waals surface area contributed by atoms with Crippen LogP contribution in [0.2, 0.25) is 0 Å². The van der Waals surface area contributed by atoms with Crippen LogP contribution in [0.25, 0.3) is 11.2 Å². The standard InChI is InChI=1S/C24H24N8O7/c25-21-18-22(27-12-26-21)31(23-20(35)19(34)17(10-33)39-23)24(29-18)30-28-9-13-3-7-16(8-4-13)38-11-14-1-5-15(6-2-14)32(36)37/h1-9,12,17,19-20,23,33-35H,10-11H2,(H,29,30)(H2,25,26,27)/b28-9+/t17-,19-,20+,23-/m1/s1. The molecule has 202 valence electrons. The maximum Gasteiger partial charge on any atom is 0.269 e. The lowest BCUT2D eigenvalue weighted by atomic mass is 10.1. The molecule has 1 aliphatic heterocycles. The van der Waals surface area contributed by atoms with Crippen molar-refractivity contribution in [3.8, 4) is 5.75 Å². The summed E-state index contributed by atoms with van der Waals surface area (Å²) in [5, 5.41) is 45.2. The Morgan fingerprint density at radius 1 is 1.15 bits per heavy atom. The van der Waals surface area contributed by atoms with Crippen LogP contribution < -0.4 is 15.9 Å². The molecule has 2 aromatic heterocycles. The van der Waals surface area contributed by atoms with Gasteiger partial charge in [0.05, 0.1) is 17.7 Å². The molecule has 3 heterocycles. The minimum atomic E-state index is -1.38. The largest absolute Gasteiger partial charge is 0.489 e. The van der Waals surface area contributed by atoms with E-state index < -0.39 is 36.1 Å². The van der Waals surface area contributed by atoms with E-state index in [1.807, 2.05) is 0 Å². The molecule has 0 aliphatic carbocycles. The van der Waals surface area contributed by atoms with Crippen LogP contribution in [-0.4, -0.2) is 70.9 Å². The van der Waals surface area contributed by atoms with Crippen LogP contribution in [0.3, 0.4) is 0 Å². The number of imidazole rings is 1. The summed E-state index contributed by atoms with van der Waals surface area (Å²) in [7, 11) is 0. The van der Waals surface area contributed by atoms with Gasteiger partial charge in [-0.15, -0.1) is 0 Å². The first-order valence-corrected chi connectivity index (χ1v) is 11.7. The fourth-order valence-corrected chi connectivity index (χ4v) is 4.03. The first-order chi connectivity index (χ1) is 18.9. The van der Waals surface area contributed by atoms with Crippen molar-refractivity contribution in [1.29, 1.82) is 0 Å². The molecule has 15 nitrogen and oxygen atoms in total. The maximum absolute atomic E-state index is 10.8. The summed E-state index contributed by atoms with van der Waals surface area (Å²) in [5.41, 5.74) is 10.7. The Morgan fingerprint density at radius 3 is 2.56 bits per heavy atom. The number of nitrogens with zero attached hydrogens (tertiary/aromatic N) is 6. The Balaban J connectivity index is 1.28. The Hall–Kier alpha value is -4.70. The number of hydrogen-bond acceptors (Lipinski definition) is 13. The highest BCUT2D eigenvalue weighted by Gasteiger charge is 2.45. The molecule has 1 saturated heterocycles. The topological polar surface area (TPSA) is 216 Å². The lowest BCUT2D eigenvalue weighted by Crippen LogP contribution is -2.33. The van der Waals surface area contributed by atoms with Gasteiger partial charge in [0.25, 0.3) is 5.69 Å². The van der Waals surface area contributed by atoms with Gasteiger partial charge in [0.1, 0.15) is 37.0 Å². The van der Waals surface area contributed by atoms with Gasteiger partial charge >= 0.3 is 0 Å². The van der Waals surface area contributed by atoms with Gasteiger partial charge in [-0.2, -0.15) is 5.10 Å². The molecule has 4 aromatic rings. The second-order valence-corrected chi connectivity index (χ2v) is 8.62. The summed E-state index contributed by atoms with van der Waals surface area (Å²) < 4.78 is 12.8. The van der Waals surface area contributed by atoms with Crippen molar-refractivity contribution in [2.24, 2.45) is 5.10 Å². The smallest absolute Gasteiger partial charge is 0.269 e. The summed E-state index contributed by atoms with van der Waals surface area (Å²) in [4.78, 5) is 22.8. The van der Waals surface area contributed by atoms with E-state index in [1.165, 1.54) is 29.2 Å². The van der Waals surface area contributed by atoms with Crippen molar-refractivity contribution in [1.82, 2.24) is 19.5 Å². The predicted molar refractivity (Wildman–Crippen MR) is 138 cm³/mol. The number of hydrogen-bond donors (Lipinski definition) is 5. The van der Waals surface area contributed by atoms with Crippen LogP contribution in [0.15, 0.2) is 60.0 Å². The molecule has 0 amide bonds. The molecule has 1 fully saturated rings. The summed E-state index contributed by atoms with van der Waals surface area (Å²) in [5.74, 6) is 0.812. The zero-order valence-electron chi connectivity index (χ0n) is 20.2. The van der Waals surface area contributed by atoms with E-state index >= 15 is 0 Å². The molecular formula is C24H24N8O7. The predicted octanol–water partition coefficient (Wildman–Crippen LogP) is 0.953. The van der Waals surface area contributed by atoms with Crippen LogP contribution in [0.1, 0.15) is 17.4 Å². The number of ether oxygens (including phenoxy) is 2. The Labute approximate surface area is 220 Å². The third-order valence-corrected chi connectivity index (χ3v) is 6.09. The SMILES string of the molecule is Nc1ncnc2c1nc(N/N=C/c1ccc(OCc3ccc([N+](=O)[O-])cc3)cc1)n2[C@@H]1O[C@H](CO)[C@@H](O)[C@@H]1O. The number of nitrogen functional groups attached to an aromatic ring is 1. The molecule has 0 saturated carbocycles. The van der Waals surface area contributed by atoms with Gasteiger partial charge < -0.3 is 30.5 Å². The molecule has 0 bridgehead atoms. The van der Waals surface area contributed by atoms with Crippen molar-refractivity contribution in [3.63, 3.8) is 0 Å². The first-order valence-electron chi connectivity index (χ1n) is 11.7. The molecule has 5 rings (SSSR count). The van der Waals surface area contributed by atoms with Gasteiger partial charge in [-0.25, -0.2) is 20.4 Å². The van der Waals surface area contributed by atoms with E-state index in [1.54, 1.807) is 36.4 Å². The van der Waals surface area contributed by atoms with Crippen molar-refractivity contribution in [3.05, 3.63) is 76.1 Å². The number of fused-ring (bicyclic) bond motifs is 1. The number of nitro groups is 1. The maximum atomic E-state index is 10.8. The Bertz CT molecular complexity index is 1490. The average molecular weight is 537 g/mol. The third-order valence-electron chi connectivity index (χ3n) is 6.09. The van der Waals surface area contributed by atoms with Gasteiger partial charge in [0.2, 0.25) is 5.95 Å². The highest BCUT2D eigenvalue weighted by molar-refractivity contribution is 5.84. The Morgan fingerprint density at radius 2 is 1.90 bits per heavy atom. The summed E-state index contributed by atoms with van der Waals surface area (Å²) >= 11 is 0. The molecule has 2 aromatic carbocycles. The summed E-state index contributed by atoms with van der Waals surface area (Å²) in [6.45, 7) is -0.247. The number of hydrazone groups is 1. The number of benzene rings is 2. The van der Waals surface area contributed by atoms with Crippen molar-refractivity contribution < 1.29 is 29.7 Å². The molecule has 15 heteroatoms. The zero-order valence-corrected chi connectivity index (χ0v) is 20.2. The number of nitrogens with two attached hydrogens (primary N) is 1. The van der Waals surface area contributed by atoms with E-state index in [4.69, 9.17) is 15.2 Å². The van der Waals surface area contributed by atoms with E-state index in [0.29, 0.717) is 5.75 Å². The first kappa shape index (κ1) is 25.9. The average Bonchev–Trinajstić information content (AvgIpc) is 3.45. The quantitative estimate of drug-likeness (QED) is 0.115. The van der Waals surface area contributed by atoms with Crippen molar-refractivity contribution >= 4 is 34.8 Å². The lowest BCUT2D eigenvalue weighted by Gasteiger charge is -2.18. The molecule has 6 N–H and O–H groups in total. The van der Waals surface area contributed by atoms with E-state index in [-0.39, 0.29) is 35.2 Å². The monoisotopic (exact) mass is 536 g/mol. The van der Waals surface area contributed by atoms with Gasteiger partial charge in [-0.1, -0.05) is 0 Å². The van der Waals surface area contributed by atoms with E-state index in [2.05, 4.69) is 25.5 Å². The molecule has 1 aliphatic rings. The normalized spacial score (nSPS) is 21.0. The number of nitrogens with one attached hydrogen (secondary N) is 1. The highest BCUT2D eigenvalue weighted by Crippen LogP contribution is 2.35. The number of anilines is 2. The zero-order chi connectivity index (χ0) is 27.5. The second kappa shape index (κ2) is 11.0. The molecule has 0 unspecified atom stereocenters. The van der Waals surface area contributed by atoms with Crippen LogP contribution in [-0.2, 0) is 11.3 Å². The van der Waals surface area contributed by atoms with Crippen LogP contribution >= 0.6 is 0 Å². The number of rotatable bonds is 9. The fraction of sp³-hybridized carbons (Fsp3) is 0.250. The lowest BCUT2D eigenvalue weighted by molar-refractivity contribution is -0.384. The van der Waals surface area contributed by atoms with Gasteiger partial charge in [-0.05, 0) is 47.5 Å². The van der Waals surface area contributed by atoms with Crippen LogP contribution in [0, 0.1) is 10.1 Å². The minimum Gasteiger partial charge on any atom is -0.489 e. The number of aliphatic hydroxyl groups excluding tert-OH is 3. The molecule has 39 heavy (non-hydrogen) atoms. The number of non-ortho nitro benzene ring substituents is 1. The van der Waals surface area contributed by atoms with E-state index in [9.17, 15) is 25.4 Å². The summed E-state index contributed by atoms with van der Waals surface area (Å²) in [6, 6.07) is 13.2. The van der Waals surface area contributed by atoms with Crippen LogP contribution in [0.4, 0.5) is 17.5 Å². The van der Waals surface area contributed by atoms with E-state index in [0.717, 1.165) is 11.1 Å². The van der Waals surface area contributed by atoms with Crippen LogP contribution in [0.5, 0.6) is 5.75 Å². The van der Waals surface area contributed by atoms with Gasteiger partial charge in [0.15, 0.2) is 23.2 Å². The number of nitro benzene ring substituents is 1. The second-order valence-electron chi connectivity index (χ2n) is 8.62. The highest BCUT2D eigenvalue weighted by atomic mass is 16.6. The molecule has 0 radical (unpaired) electrons. The third kappa shape index (κ3) is 5.32. The summed E-state index contributed by atoms with van der Waals surface area (Å²) in [6.07, 6.45) is -2.07. The molecular weight excluding hydrogens is 512 g/mol. The minimum absolute atomic E-state index is 0.0156. The molecule has 4 atom stereocenters. The Kier molecular flexibility index (Phi) is 7.29. The van der Waals surface area contributed by atoms with Gasteiger partial charge in [0, 0.05) is 12.1 Å². The number of aromatic nitrogens is 4. The van der Waals surface area contributed by atoms with Gasteiger partial charge in [-0.3, -0.25) is 14.7 Å². The fourth-order valence-electron chi connectivity index (χ4n) is 4.03.